The van der Waals surface area contributed by atoms with E-state index in [2.05, 4.69) is 5.32 Å². The van der Waals surface area contributed by atoms with Gasteiger partial charge in [0.25, 0.3) is 0 Å². The summed E-state index contributed by atoms with van der Waals surface area (Å²) in [7, 11) is 0. The van der Waals surface area contributed by atoms with Crippen molar-refractivity contribution in [2.45, 2.75) is 25.8 Å². The molecule has 60 valence electrons. The van der Waals surface area contributed by atoms with Crippen LogP contribution >= 0.6 is 0 Å². The lowest BCUT2D eigenvalue weighted by Crippen LogP contribution is -2.43. The Morgan fingerprint density at radius 1 is 1.70 bits per heavy atom. The van der Waals surface area contributed by atoms with E-state index in [1.165, 1.54) is 0 Å². The van der Waals surface area contributed by atoms with Gasteiger partial charge in [0.1, 0.15) is 0 Å². The molecule has 0 radical (unpaired) electrons. The topological polar surface area (TPSA) is 75.3 Å². The predicted molar refractivity (Wildman–Crippen MR) is 38.9 cm³/mol. The monoisotopic (exact) mass is 146 g/mol. The second kappa shape index (κ2) is 3.41. The second-order valence-electron chi connectivity index (χ2n) is 2.85. The van der Waals surface area contributed by atoms with Crippen LogP contribution in [0.25, 0.3) is 0 Å². The molecule has 0 saturated heterocycles. The van der Waals surface area contributed by atoms with Crippen molar-refractivity contribution in [2.24, 2.45) is 5.73 Å². The molecule has 0 saturated carbocycles. The van der Waals surface area contributed by atoms with Crippen molar-refractivity contribution in [3.63, 3.8) is 0 Å². The number of rotatable bonds is 3. The lowest BCUT2D eigenvalue weighted by atomic mass is 10.0. The molecule has 0 bridgehead atoms. The van der Waals surface area contributed by atoms with Crippen molar-refractivity contribution in [2.75, 3.05) is 6.54 Å². The first-order valence-corrected chi connectivity index (χ1v) is 3.19. The van der Waals surface area contributed by atoms with Crippen LogP contribution in [-0.4, -0.2) is 23.3 Å². The quantitative estimate of drug-likeness (QED) is 0.538. The highest BCUT2D eigenvalue weighted by Gasteiger charge is 2.17. The number of amides is 1. The zero-order valence-electron chi connectivity index (χ0n) is 6.35. The SMILES string of the molecule is CC(C)(CCN)NC(=O)O. The van der Waals surface area contributed by atoms with Gasteiger partial charge in [-0.2, -0.15) is 0 Å². The Morgan fingerprint density at radius 3 is 2.50 bits per heavy atom. The summed E-state index contributed by atoms with van der Waals surface area (Å²) in [6.45, 7) is 4.09. The van der Waals surface area contributed by atoms with Crippen molar-refractivity contribution in [3.8, 4) is 0 Å². The Labute approximate surface area is 60.4 Å². The van der Waals surface area contributed by atoms with Gasteiger partial charge in [0.15, 0.2) is 0 Å². The lowest BCUT2D eigenvalue weighted by Gasteiger charge is -2.23. The fourth-order valence-electron chi connectivity index (χ4n) is 0.713. The Bertz CT molecular complexity index is 123. The molecule has 0 fully saturated rings. The largest absolute Gasteiger partial charge is 0.465 e. The number of hydrogen-bond acceptors (Lipinski definition) is 2. The van der Waals surface area contributed by atoms with Crippen molar-refractivity contribution >= 4 is 6.09 Å². The van der Waals surface area contributed by atoms with Crippen molar-refractivity contribution in [1.82, 2.24) is 5.32 Å². The summed E-state index contributed by atoms with van der Waals surface area (Å²) in [5.74, 6) is 0. The Hall–Kier alpha value is -0.770. The highest BCUT2D eigenvalue weighted by Crippen LogP contribution is 2.05. The summed E-state index contributed by atoms with van der Waals surface area (Å²) < 4.78 is 0. The smallest absolute Gasteiger partial charge is 0.405 e. The molecular weight excluding hydrogens is 132 g/mol. The standard InChI is InChI=1S/C6H14N2O2/c1-6(2,3-4-7)8-5(9)10/h8H,3-4,7H2,1-2H3,(H,9,10). The van der Waals surface area contributed by atoms with Gasteiger partial charge in [-0.3, -0.25) is 0 Å². The summed E-state index contributed by atoms with van der Waals surface area (Å²) in [4.78, 5) is 10.1. The molecule has 0 aliphatic carbocycles. The summed E-state index contributed by atoms with van der Waals surface area (Å²) in [6, 6.07) is 0. The Kier molecular flexibility index (Phi) is 3.15. The molecular formula is C6H14N2O2. The van der Waals surface area contributed by atoms with Crippen LogP contribution in [0.4, 0.5) is 4.79 Å². The van der Waals surface area contributed by atoms with Crippen LogP contribution in [0, 0.1) is 0 Å². The molecule has 0 rings (SSSR count). The molecule has 0 spiro atoms. The third kappa shape index (κ3) is 4.14. The number of nitrogens with two attached hydrogens (primary N) is 1. The van der Waals surface area contributed by atoms with E-state index in [9.17, 15) is 4.79 Å². The van der Waals surface area contributed by atoms with Gasteiger partial charge >= 0.3 is 6.09 Å². The van der Waals surface area contributed by atoms with E-state index in [4.69, 9.17) is 10.8 Å². The van der Waals surface area contributed by atoms with E-state index in [0.717, 1.165) is 0 Å². The maximum absolute atomic E-state index is 10.1. The highest BCUT2D eigenvalue weighted by molar-refractivity contribution is 5.65. The van der Waals surface area contributed by atoms with Gasteiger partial charge in [-0.1, -0.05) is 0 Å². The minimum absolute atomic E-state index is 0.402. The van der Waals surface area contributed by atoms with Crippen LogP contribution in [0.1, 0.15) is 20.3 Å². The molecule has 10 heavy (non-hydrogen) atoms. The van der Waals surface area contributed by atoms with Crippen molar-refractivity contribution in [1.29, 1.82) is 0 Å². The molecule has 4 N–H and O–H groups in total. The first-order valence-electron chi connectivity index (χ1n) is 3.19. The zero-order chi connectivity index (χ0) is 8.20. The molecule has 0 unspecified atom stereocenters. The molecule has 4 nitrogen and oxygen atoms in total. The van der Waals surface area contributed by atoms with E-state index in [1.807, 2.05) is 0 Å². The number of nitrogens with one attached hydrogen (secondary N) is 1. The molecule has 0 aromatic carbocycles. The maximum Gasteiger partial charge on any atom is 0.405 e. The van der Waals surface area contributed by atoms with Gasteiger partial charge in [0.05, 0.1) is 0 Å². The van der Waals surface area contributed by atoms with Crippen LogP contribution in [0.15, 0.2) is 0 Å². The average molecular weight is 146 g/mol. The predicted octanol–water partition coefficient (Wildman–Crippen LogP) is 0.381. The van der Waals surface area contributed by atoms with Crippen LogP contribution in [0.3, 0.4) is 0 Å². The summed E-state index contributed by atoms with van der Waals surface area (Å²) in [5.41, 5.74) is 4.86. The zero-order valence-corrected chi connectivity index (χ0v) is 6.35. The summed E-state index contributed by atoms with van der Waals surface area (Å²) in [6.07, 6.45) is -0.349. The van der Waals surface area contributed by atoms with E-state index in [-0.39, 0.29) is 0 Å². The molecule has 0 atom stereocenters. The highest BCUT2D eigenvalue weighted by atomic mass is 16.4. The third-order valence-corrected chi connectivity index (χ3v) is 1.21. The molecule has 0 aromatic rings. The molecule has 0 aliphatic rings. The molecule has 0 heterocycles. The number of carbonyl (C=O) groups is 1. The van der Waals surface area contributed by atoms with Gasteiger partial charge in [-0.05, 0) is 26.8 Å². The van der Waals surface area contributed by atoms with Gasteiger partial charge in [0.2, 0.25) is 0 Å². The minimum Gasteiger partial charge on any atom is -0.465 e. The lowest BCUT2D eigenvalue weighted by molar-refractivity contribution is 0.181. The molecule has 0 aromatic heterocycles. The summed E-state index contributed by atoms with van der Waals surface area (Å²) in [5, 5.41) is 10.7. The van der Waals surface area contributed by atoms with Crippen molar-refractivity contribution < 1.29 is 9.90 Å². The van der Waals surface area contributed by atoms with E-state index >= 15 is 0 Å². The number of carboxylic acid groups (broad SMARTS) is 1. The van der Waals surface area contributed by atoms with E-state index < -0.39 is 11.6 Å². The van der Waals surface area contributed by atoms with E-state index in [1.54, 1.807) is 13.8 Å². The Morgan fingerprint density at radius 2 is 2.20 bits per heavy atom. The first kappa shape index (κ1) is 9.23. The summed E-state index contributed by atoms with van der Waals surface area (Å²) >= 11 is 0. The Balaban J connectivity index is 3.74. The molecule has 1 amide bonds. The van der Waals surface area contributed by atoms with Crippen molar-refractivity contribution in [3.05, 3.63) is 0 Å². The third-order valence-electron chi connectivity index (χ3n) is 1.21. The normalized spacial score (nSPS) is 11.1. The van der Waals surface area contributed by atoms with Crippen LogP contribution in [0.5, 0.6) is 0 Å². The molecule has 0 aliphatic heterocycles. The van der Waals surface area contributed by atoms with Crippen LogP contribution < -0.4 is 11.1 Å². The molecule has 4 heteroatoms. The average Bonchev–Trinajstić information content (AvgIpc) is 1.59. The van der Waals surface area contributed by atoms with Gasteiger partial charge in [-0.25, -0.2) is 4.79 Å². The second-order valence-corrected chi connectivity index (χ2v) is 2.85. The van der Waals surface area contributed by atoms with Gasteiger partial charge in [-0.15, -0.1) is 0 Å². The maximum atomic E-state index is 10.1. The fraction of sp³-hybridized carbons (Fsp3) is 0.833. The minimum atomic E-state index is -1.00. The van der Waals surface area contributed by atoms with Gasteiger partial charge in [0, 0.05) is 5.54 Å². The van der Waals surface area contributed by atoms with Crippen LogP contribution in [-0.2, 0) is 0 Å². The van der Waals surface area contributed by atoms with E-state index in [0.29, 0.717) is 13.0 Å². The number of hydrogen-bond donors (Lipinski definition) is 3. The first-order chi connectivity index (χ1) is 4.48. The van der Waals surface area contributed by atoms with Gasteiger partial charge < -0.3 is 16.2 Å². The van der Waals surface area contributed by atoms with Crippen LogP contribution in [0.2, 0.25) is 0 Å². The fourth-order valence-corrected chi connectivity index (χ4v) is 0.713.